The van der Waals surface area contributed by atoms with Gasteiger partial charge in [0.1, 0.15) is 22.6 Å². The molecule has 2 atom stereocenters. The van der Waals surface area contributed by atoms with Crippen LogP contribution < -0.4 is 9.05 Å². The molecule has 6 aromatic rings. The lowest BCUT2D eigenvalue weighted by molar-refractivity contribution is 0.0589. The molecule has 2 unspecified atom stereocenters. The fourth-order valence-electron chi connectivity index (χ4n) is 4.88. The van der Waals surface area contributed by atoms with E-state index in [2.05, 4.69) is 0 Å². The quantitative estimate of drug-likeness (QED) is 0.126. The minimum absolute atomic E-state index is 0.168. The van der Waals surface area contributed by atoms with E-state index in [1.807, 2.05) is 106 Å². The number of hydrogen-bond donors (Lipinski definition) is 0. The molecule has 6 rings (SSSR count). The third-order valence-electron chi connectivity index (χ3n) is 6.78. The van der Waals surface area contributed by atoms with Crippen LogP contribution in [-0.2, 0) is 9.47 Å². The zero-order valence-corrected chi connectivity index (χ0v) is 24.7. The summed E-state index contributed by atoms with van der Waals surface area (Å²) in [6, 6.07) is 26.6. The number of fused-ring (bicyclic) bond motifs is 2. The van der Waals surface area contributed by atoms with Crippen molar-refractivity contribution in [2.45, 2.75) is 0 Å². The topological polar surface area (TPSA) is 80.9 Å². The number of carbonyl (C=O) groups is 2. The molecule has 0 aliphatic heterocycles. The maximum atomic E-state index is 13.3. The number of ether oxygens (including phenoxy) is 2. The predicted octanol–water partition coefficient (Wildman–Crippen LogP) is 7.71. The number of hydrogen-bond acceptors (Lipinski definition) is 6. The zero-order valence-electron chi connectivity index (χ0n) is 22.7. The van der Waals surface area contributed by atoms with Gasteiger partial charge in [-0.1, -0.05) is 48.5 Å². The van der Waals surface area contributed by atoms with Crippen LogP contribution in [0.1, 0.15) is 20.7 Å². The highest BCUT2D eigenvalue weighted by atomic mass is 31.1. The Bertz CT molecular complexity index is 1760. The van der Waals surface area contributed by atoms with Gasteiger partial charge in [0.2, 0.25) is 0 Å². The van der Waals surface area contributed by atoms with E-state index in [1.165, 1.54) is 14.2 Å². The van der Waals surface area contributed by atoms with E-state index >= 15 is 0 Å². The summed E-state index contributed by atoms with van der Waals surface area (Å²) in [5.74, 6) is -0.429. The van der Waals surface area contributed by atoms with Gasteiger partial charge in [-0.25, -0.2) is 9.59 Å². The van der Waals surface area contributed by atoms with Gasteiger partial charge in [-0.05, 0) is 57.9 Å². The average Bonchev–Trinajstić information content (AvgIpc) is 3.76. The number of esters is 2. The number of methoxy groups -OCH3 is 2. The molecule has 0 saturated carbocycles. The van der Waals surface area contributed by atoms with Crippen LogP contribution in [0.2, 0.25) is 0 Å². The van der Waals surface area contributed by atoms with E-state index < -0.39 is 11.9 Å². The Balaban J connectivity index is 1.72. The van der Waals surface area contributed by atoms with Gasteiger partial charge >= 0.3 is 11.9 Å². The lowest BCUT2D eigenvalue weighted by Crippen LogP contribution is -2.08. The Labute approximate surface area is 245 Å². The first-order valence-electron chi connectivity index (χ1n) is 13.0. The molecule has 0 fully saturated rings. The molecule has 2 heterocycles. The minimum atomic E-state index is -0.542. The normalized spacial score (nSPS) is 11.6. The molecule has 0 radical (unpaired) electrons. The van der Waals surface area contributed by atoms with E-state index in [0.29, 0.717) is 22.6 Å². The Morgan fingerprint density at radius 3 is 1.33 bits per heavy atom. The van der Waals surface area contributed by atoms with Crippen LogP contribution in [-0.4, -0.2) is 34.8 Å². The third-order valence-corrected chi connectivity index (χ3v) is 8.39. The summed E-state index contributed by atoms with van der Waals surface area (Å²) in [4.78, 5) is 26.5. The second-order valence-electron chi connectivity index (χ2n) is 9.25. The molecule has 8 nitrogen and oxygen atoms in total. The van der Waals surface area contributed by atoms with Crippen molar-refractivity contribution in [2.75, 3.05) is 14.2 Å². The summed E-state index contributed by atoms with van der Waals surface area (Å²) in [5.41, 5.74) is 1.75. The van der Waals surface area contributed by atoms with Crippen LogP contribution >= 0.6 is 17.9 Å². The fraction of sp³-hybridized carbons (Fsp3) is 0.0625. The molecule has 0 aliphatic carbocycles. The van der Waals surface area contributed by atoms with Crippen LogP contribution in [0, 0.1) is 0 Å². The molecule has 210 valence electrons. The van der Waals surface area contributed by atoms with Crippen LogP contribution in [0.25, 0.3) is 32.7 Å². The molecule has 4 aromatic carbocycles. The van der Waals surface area contributed by atoms with Crippen LogP contribution in [0.4, 0.5) is 0 Å². The highest BCUT2D eigenvalue weighted by Crippen LogP contribution is 2.51. The van der Waals surface area contributed by atoms with Crippen molar-refractivity contribution in [1.82, 2.24) is 8.68 Å². The summed E-state index contributed by atoms with van der Waals surface area (Å²) in [7, 11) is 2.35. The second kappa shape index (κ2) is 12.1. The monoisotopic (exact) mass is 596 g/mol. The van der Waals surface area contributed by atoms with Gasteiger partial charge in [0.15, 0.2) is 17.9 Å². The molecular weight excluding hydrogens is 570 g/mol. The van der Waals surface area contributed by atoms with Gasteiger partial charge in [-0.3, -0.25) is 0 Å². The van der Waals surface area contributed by atoms with Crippen molar-refractivity contribution < 1.29 is 28.1 Å². The lowest BCUT2D eigenvalue weighted by Gasteiger charge is -2.22. The number of benzene rings is 4. The Morgan fingerprint density at radius 2 is 0.952 bits per heavy atom. The number of aromatic nitrogens is 2. The first-order valence-corrected chi connectivity index (χ1v) is 14.7. The first-order chi connectivity index (χ1) is 20.6. The summed E-state index contributed by atoms with van der Waals surface area (Å²) in [5, 5.41) is 3.24. The number of carbonyl (C=O) groups excluding carboxylic acids is 2. The first kappa shape index (κ1) is 27.5. The average molecular weight is 597 g/mol. The highest BCUT2D eigenvalue weighted by Gasteiger charge is 2.29. The summed E-state index contributed by atoms with van der Waals surface area (Å²) < 4.78 is 27.2. The van der Waals surface area contributed by atoms with E-state index in [1.54, 1.807) is 12.1 Å². The molecule has 0 aliphatic rings. The number of rotatable bonds is 9. The zero-order chi connectivity index (χ0) is 29.1. The van der Waals surface area contributed by atoms with Crippen molar-refractivity contribution in [3.05, 3.63) is 121 Å². The van der Waals surface area contributed by atoms with Gasteiger partial charge < -0.3 is 27.2 Å². The van der Waals surface area contributed by atoms with Crippen LogP contribution in [0.5, 0.6) is 11.5 Å². The lowest BCUT2D eigenvalue weighted by atomic mass is 9.89. The van der Waals surface area contributed by atoms with Crippen LogP contribution in [0.3, 0.4) is 0 Å². The maximum Gasteiger partial charge on any atom is 0.341 e. The van der Waals surface area contributed by atoms with E-state index in [-0.39, 0.29) is 29.0 Å². The third kappa shape index (κ3) is 5.23. The van der Waals surface area contributed by atoms with Crippen molar-refractivity contribution in [3.8, 4) is 22.6 Å². The second-order valence-corrected chi connectivity index (χ2v) is 11.1. The molecule has 0 saturated heterocycles. The van der Waals surface area contributed by atoms with Gasteiger partial charge in [0.05, 0.1) is 14.2 Å². The Hall–Kier alpha value is -4.64. The van der Waals surface area contributed by atoms with Crippen molar-refractivity contribution in [2.24, 2.45) is 0 Å². The van der Waals surface area contributed by atoms with Gasteiger partial charge in [0.25, 0.3) is 0 Å². The maximum absolute atomic E-state index is 13.3. The van der Waals surface area contributed by atoms with Crippen molar-refractivity contribution in [3.63, 3.8) is 0 Å². The summed E-state index contributed by atoms with van der Waals surface area (Å²) >= 11 is 0. The van der Waals surface area contributed by atoms with Gasteiger partial charge in [-0.15, -0.1) is 0 Å². The minimum Gasteiger partial charge on any atom is -0.465 e. The molecular formula is C32H26N2O6P2. The Kier molecular flexibility index (Phi) is 7.91. The molecule has 0 spiro atoms. The Morgan fingerprint density at radius 1 is 0.571 bits per heavy atom. The predicted molar refractivity (Wildman–Crippen MR) is 167 cm³/mol. The largest absolute Gasteiger partial charge is 0.465 e. The summed E-state index contributed by atoms with van der Waals surface area (Å²) in [6.45, 7) is 0. The van der Waals surface area contributed by atoms with Crippen molar-refractivity contribution >= 4 is 51.4 Å². The molecule has 10 heteroatoms. The smallest absolute Gasteiger partial charge is 0.341 e. The summed E-state index contributed by atoms with van der Waals surface area (Å²) in [6.07, 6.45) is 7.54. The fourth-order valence-corrected chi connectivity index (χ4v) is 6.28. The van der Waals surface area contributed by atoms with E-state index in [4.69, 9.17) is 18.5 Å². The molecule has 0 bridgehead atoms. The SMILES string of the molecule is COC(=O)c1cc2ccccc2c(-c2c(OPn3cccc3)c(C(=O)OC)cc3ccccc23)c1OPn1cccc1. The molecule has 2 aromatic heterocycles. The van der Waals surface area contributed by atoms with Crippen molar-refractivity contribution in [1.29, 1.82) is 0 Å². The number of nitrogens with zero attached hydrogens (tertiary/aromatic N) is 2. The van der Waals surface area contributed by atoms with E-state index in [0.717, 1.165) is 21.5 Å². The van der Waals surface area contributed by atoms with Gasteiger partial charge in [0, 0.05) is 35.9 Å². The molecule has 42 heavy (non-hydrogen) atoms. The van der Waals surface area contributed by atoms with Crippen LogP contribution in [0.15, 0.2) is 110 Å². The standard InChI is InChI=1S/C32H26N2O6P2/c1-37-31(35)25-19-21-11-3-5-13-23(21)27(29(25)39-41-33-15-7-8-16-33)28-24-14-6-4-12-22(24)20-26(32(36)38-2)30(28)40-42-34-17-9-10-18-34/h3-20,41-42H,1-2H3. The van der Waals surface area contributed by atoms with Gasteiger partial charge in [-0.2, -0.15) is 0 Å². The molecule has 0 N–H and O–H groups in total. The molecule has 0 amide bonds. The highest BCUT2D eigenvalue weighted by molar-refractivity contribution is 7.31. The van der Waals surface area contributed by atoms with E-state index in [9.17, 15) is 9.59 Å².